The fourth-order valence-electron chi connectivity index (χ4n) is 3.47. The molecule has 2 bridgehead atoms. The van der Waals surface area contributed by atoms with Crippen molar-refractivity contribution in [1.82, 2.24) is 20.8 Å². The first-order valence-electron chi connectivity index (χ1n) is 9.45. The van der Waals surface area contributed by atoms with Gasteiger partial charge in [-0.15, -0.1) is 4.28 Å². The zero-order valence-electron chi connectivity index (χ0n) is 16.4. The van der Waals surface area contributed by atoms with E-state index in [0.717, 1.165) is 4.90 Å². The van der Waals surface area contributed by atoms with E-state index in [1.165, 1.54) is 0 Å². The molecule has 0 unspecified atom stereocenters. The van der Waals surface area contributed by atoms with E-state index in [1.807, 2.05) is 0 Å². The lowest BCUT2D eigenvalue weighted by atomic mass is 10.0. The number of amides is 4. The van der Waals surface area contributed by atoms with Crippen LogP contribution in [0.15, 0.2) is 24.3 Å². The number of urea groups is 1. The van der Waals surface area contributed by atoms with Crippen molar-refractivity contribution in [2.75, 3.05) is 19.7 Å². The lowest BCUT2D eigenvalue weighted by molar-refractivity contribution is -0.131. The number of nitrogens with two attached hydrogens (primary N) is 1. The maximum Gasteiger partial charge on any atom is 0.418 e. The minimum absolute atomic E-state index is 0.0224. The van der Waals surface area contributed by atoms with E-state index in [9.17, 15) is 22.8 Å². The minimum atomic E-state index is -4.87. The quantitative estimate of drug-likeness (QED) is 0.273. The summed E-state index contributed by atoms with van der Waals surface area (Å²) in [6, 6.07) is 4.48. The molecule has 3 rings (SSSR count). The van der Waals surface area contributed by atoms with Gasteiger partial charge in [-0.3, -0.25) is 25.0 Å². The first-order valence-corrected chi connectivity index (χ1v) is 10.8. The monoisotopic (exact) mass is 457 g/mol. The zero-order valence-corrected chi connectivity index (χ0v) is 17.2. The van der Waals surface area contributed by atoms with E-state index in [2.05, 4.69) is 15.1 Å². The van der Waals surface area contributed by atoms with Crippen molar-refractivity contribution in [3.63, 3.8) is 0 Å². The summed E-state index contributed by atoms with van der Waals surface area (Å²) in [6.07, 6.45) is 0.481. The Bertz CT molecular complexity index is 956. The molecule has 0 spiro atoms. The molecule has 170 valence electrons. The van der Waals surface area contributed by atoms with Gasteiger partial charge < -0.3 is 15.4 Å². The lowest BCUT2D eigenvalue weighted by Crippen LogP contribution is -2.54. The van der Waals surface area contributed by atoms with Crippen molar-refractivity contribution >= 4 is 28.2 Å². The molecule has 2 heterocycles. The van der Waals surface area contributed by atoms with Gasteiger partial charge >= 0.3 is 16.4 Å². The molecule has 1 aromatic rings. The summed E-state index contributed by atoms with van der Waals surface area (Å²) >= 11 is 0. The Morgan fingerprint density at radius 3 is 2.74 bits per heavy atom. The molecule has 4 amide bonds. The summed E-state index contributed by atoms with van der Waals surface area (Å²) in [5, 5.41) is 0.543. The average Bonchev–Trinajstić information content (AvgIpc) is 2.94. The van der Waals surface area contributed by atoms with Crippen LogP contribution in [0.3, 0.4) is 0 Å². The third-order valence-electron chi connectivity index (χ3n) is 4.77. The van der Waals surface area contributed by atoms with Crippen LogP contribution in [-0.4, -0.2) is 72.6 Å². The first kappa shape index (κ1) is 22.7. The number of rotatable bonds is 8. The van der Waals surface area contributed by atoms with Crippen molar-refractivity contribution in [3.8, 4) is 5.75 Å². The normalized spacial score (nSPS) is 20.5. The predicted molar refractivity (Wildman–Crippen MR) is 104 cm³/mol. The number of nitrogens with zero attached hydrogens (tertiary/aromatic N) is 2. The molecule has 31 heavy (non-hydrogen) atoms. The maximum atomic E-state index is 12.5. The van der Waals surface area contributed by atoms with Crippen LogP contribution in [0, 0.1) is 0 Å². The van der Waals surface area contributed by atoms with Crippen molar-refractivity contribution in [2.24, 2.45) is 5.73 Å². The Kier molecular flexibility index (Phi) is 6.94. The highest BCUT2D eigenvalue weighted by Gasteiger charge is 2.49. The summed E-state index contributed by atoms with van der Waals surface area (Å²) in [4.78, 5) is 38.1. The number of hydrogen-bond acceptors (Lipinski definition) is 8. The summed E-state index contributed by atoms with van der Waals surface area (Å²) in [5.74, 6) is -0.545. The summed E-state index contributed by atoms with van der Waals surface area (Å²) in [6.45, 7) is 0.754. The largest absolute Gasteiger partial charge is 0.492 e. The third-order valence-corrected chi connectivity index (χ3v) is 5.12. The van der Waals surface area contributed by atoms with E-state index in [-0.39, 0.29) is 25.8 Å². The highest BCUT2D eigenvalue weighted by molar-refractivity contribution is 7.80. The van der Waals surface area contributed by atoms with Crippen molar-refractivity contribution in [2.45, 2.75) is 31.3 Å². The molecular weight excluding hydrogens is 434 g/mol. The van der Waals surface area contributed by atoms with E-state index < -0.39 is 40.3 Å². The van der Waals surface area contributed by atoms with Crippen LogP contribution in [0.1, 0.15) is 18.4 Å². The smallest absolute Gasteiger partial charge is 0.418 e. The number of piperidine rings is 1. The maximum absolute atomic E-state index is 12.5. The second-order valence-corrected chi connectivity index (χ2v) is 8.01. The van der Waals surface area contributed by atoms with Gasteiger partial charge in [-0.2, -0.15) is 13.5 Å². The van der Waals surface area contributed by atoms with Crippen LogP contribution < -0.4 is 21.3 Å². The van der Waals surface area contributed by atoms with Crippen LogP contribution in [0.5, 0.6) is 5.75 Å². The van der Waals surface area contributed by atoms with Gasteiger partial charge in [-0.1, -0.05) is 12.1 Å². The van der Waals surface area contributed by atoms with E-state index in [0.29, 0.717) is 29.5 Å². The standard InChI is InChI=1S/C17H23N5O8S/c18-6-7-29-13-3-1-2-11(8-13)9-15(23)19-20-16(24)14-5-4-12-10-21(14)17(25)22(12)30-31(26,27)28/h1-3,8,12,14H,4-7,9-10,18H2,(H,19,23)(H,20,24)(H,26,27,28)/t12-,14+/m1/s1. The average molecular weight is 457 g/mol. The van der Waals surface area contributed by atoms with Crippen LogP contribution in [-0.2, 0) is 30.7 Å². The van der Waals surface area contributed by atoms with Crippen molar-refractivity contribution in [3.05, 3.63) is 29.8 Å². The first-order chi connectivity index (χ1) is 14.7. The molecule has 13 nitrogen and oxygen atoms in total. The van der Waals surface area contributed by atoms with Crippen LogP contribution >= 0.6 is 0 Å². The molecular formula is C17H23N5O8S. The number of carbonyl (C=O) groups excluding carboxylic acids is 3. The number of fused-ring (bicyclic) bond motifs is 2. The molecule has 2 aliphatic heterocycles. The zero-order chi connectivity index (χ0) is 22.6. The van der Waals surface area contributed by atoms with Gasteiger partial charge in [-0.25, -0.2) is 4.79 Å². The fraction of sp³-hybridized carbons (Fsp3) is 0.471. The number of ether oxygens (including phenoxy) is 1. The van der Waals surface area contributed by atoms with E-state index in [1.54, 1.807) is 24.3 Å². The second-order valence-electron chi connectivity index (χ2n) is 7.01. The fourth-order valence-corrected chi connectivity index (χ4v) is 3.86. The number of nitrogens with one attached hydrogen (secondary N) is 2. The Balaban J connectivity index is 1.52. The highest BCUT2D eigenvalue weighted by Crippen LogP contribution is 2.30. The molecule has 1 aromatic carbocycles. The lowest BCUT2D eigenvalue weighted by Gasteiger charge is -2.29. The number of hydrazine groups is 1. The van der Waals surface area contributed by atoms with Crippen molar-refractivity contribution < 1.29 is 36.4 Å². The van der Waals surface area contributed by atoms with Gasteiger partial charge in [0.2, 0.25) is 5.91 Å². The molecule has 2 aliphatic rings. The molecule has 0 aliphatic carbocycles. The van der Waals surface area contributed by atoms with E-state index in [4.69, 9.17) is 15.0 Å². The molecule has 5 N–H and O–H groups in total. The molecule has 2 fully saturated rings. The van der Waals surface area contributed by atoms with Crippen LogP contribution in [0.4, 0.5) is 4.79 Å². The minimum Gasteiger partial charge on any atom is -0.492 e. The summed E-state index contributed by atoms with van der Waals surface area (Å²) in [5.41, 5.74) is 10.6. The molecule has 0 radical (unpaired) electrons. The summed E-state index contributed by atoms with van der Waals surface area (Å²) in [7, 11) is -4.87. The van der Waals surface area contributed by atoms with Crippen molar-refractivity contribution in [1.29, 1.82) is 0 Å². The van der Waals surface area contributed by atoms with Gasteiger partial charge in [0.15, 0.2) is 0 Å². The van der Waals surface area contributed by atoms with Gasteiger partial charge in [0.05, 0.1) is 12.5 Å². The molecule has 2 saturated heterocycles. The number of carbonyl (C=O) groups is 3. The van der Waals surface area contributed by atoms with Crippen LogP contribution in [0.2, 0.25) is 0 Å². The number of benzene rings is 1. The Morgan fingerprint density at radius 2 is 2.03 bits per heavy atom. The third kappa shape index (κ3) is 5.81. The number of hydroxylamine groups is 2. The molecule has 2 atom stereocenters. The number of hydrogen-bond donors (Lipinski definition) is 4. The predicted octanol–water partition coefficient (Wildman–Crippen LogP) is -1.28. The van der Waals surface area contributed by atoms with Crippen LogP contribution in [0.25, 0.3) is 0 Å². The van der Waals surface area contributed by atoms with E-state index >= 15 is 0 Å². The molecule has 14 heteroatoms. The SMILES string of the molecule is NCCOc1cccc(CC(=O)NNC(=O)[C@@H]2CC[C@@H]3CN2C(=O)N3OS(=O)(=O)O)c1. The van der Waals surface area contributed by atoms with Gasteiger partial charge in [0.1, 0.15) is 18.4 Å². The van der Waals surface area contributed by atoms with Gasteiger partial charge in [-0.05, 0) is 30.5 Å². The van der Waals surface area contributed by atoms with Gasteiger partial charge in [0.25, 0.3) is 5.91 Å². The highest BCUT2D eigenvalue weighted by atomic mass is 32.3. The Morgan fingerprint density at radius 1 is 1.26 bits per heavy atom. The topological polar surface area (TPSA) is 181 Å². The summed E-state index contributed by atoms with van der Waals surface area (Å²) < 4.78 is 40.4. The molecule has 0 aromatic heterocycles. The second kappa shape index (κ2) is 9.47. The van der Waals surface area contributed by atoms with Gasteiger partial charge in [0, 0.05) is 13.1 Å². The molecule has 0 saturated carbocycles. The Labute approximate surface area is 178 Å². The Hall–Kier alpha value is -2.94.